The van der Waals surface area contributed by atoms with Gasteiger partial charge in [-0.25, -0.2) is 8.78 Å². The average molecular weight is 472 g/mol. The number of nitrogens with one attached hydrogen (secondary N) is 1. The second-order valence-corrected chi connectivity index (χ2v) is 8.48. The van der Waals surface area contributed by atoms with Crippen molar-refractivity contribution in [2.24, 2.45) is 0 Å². The van der Waals surface area contributed by atoms with Crippen molar-refractivity contribution in [2.75, 3.05) is 46.3 Å². The Morgan fingerprint density at radius 1 is 1.03 bits per heavy atom. The average Bonchev–Trinajstić information content (AvgIpc) is 2.82. The summed E-state index contributed by atoms with van der Waals surface area (Å²) in [6, 6.07) is 13.0. The predicted molar refractivity (Wildman–Crippen MR) is 125 cm³/mol. The molecule has 0 unspecified atom stereocenters. The lowest BCUT2D eigenvalue weighted by molar-refractivity contribution is -0.575. The van der Waals surface area contributed by atoms with Crippen molar-refractivity contribution in [1.29, 1.82) is 5.41 Å². The van der Waals surface area contributed by atoms with Crippen molar-refractivity contribution in [3.05, 3.63) is 76.3 Å². The number of nitrogens with two attached hydrogens (primary N) is 1. The summed E-state index contributed by atoms with van der Waals surface area (Å²) in [5.74, 6) is -1.71. The van der Waals surface area contributed by atoms with Gasteiger partial charge in [-0.1, -0.05) is 53.1 Å². The minimum absolute atomic E-state index is 0.169. The predicted octanol–water partition coefficient (Wildman–Crippen LogP) is 2.93. The molecule has 2 heterocycles. The third-order valence-electron chi connectivity index (χ3n) is 5.84. The summed E-state index contributed by atoms with van der Waals surface area (Å²) in [4.78, 5) is 4.65. The summed E-state index contributed by atoms with van der Waals surface area (Å²) in [6.07, 6.45) is 0. The first-order valence-electron chi connectivity index (χ1n) is 10.8. The number of likely N-dealkylation sites (N-methyl/N-ethyl adjacent to an activating group) is 1. The molecule has 0 atom stereocenters. The monoisotopic (exact) mass is 471 g/mol. The van der Waals surface area contributed by atoms with Crippen molar-refractivity contribution < 1.29 is 14.1 Å². The molecule has 1 aliphatic rings. The molecule has 0 spiro atoms. The van der Waals surface area contributed by atoms with Crippen LogP contribution in [-0.2, 0) is 0 Å². The maximum Gasteiger partial charge on any atom is 0.254 e. The van der Waals surface area contributed by atoms with Gasteiger partial charge in [0.2, 0.25) is 0 Å². The van der Waals surface area contributed by atoms with Crippen LogP contribution in [0.15, 0.2) is 48.5 Å². The minimum atomic E-state index is -1.08. The maximum absolute atomic E-state index is 14.5. The summed E-state index contributed by atoms with van der Waals surface area (Å²) < 4.78 is 28.4. The number of nitrogens with zero attached hydrogens (tertiary/aromatic N) is 4. The second-order valence-electron chi connectivity index (χ2n) is 8.10. The Kier molecular flexibility index (Phi) is 7.39. The number of piperazine rings is 1. The first-order valence-corrected chi connectivity index (χ1v) is 11.2. The van der Waals surface area contributed by atoms with Crippen LogP contribution in [0.5, 0.6) is 0 Å². The van der Waals surface area contributed by atoms with E-state index in [2.05, 4.69) is 27.0 Å². The zero-order valence-corrected chi connectivity index (χ0v) is 19.1. The molecule has 1 aromatic heterocycles. The molecule has 3 N–H and O–H groups in total. The third-order valence-corrected chi connectivity index (χ3v) is 6.21. The Balaban J connectivity index is 1.66. The summed E-state index contributed by atoms with van der Waals surface area (Å²) in [5.41, 5.74) is 0.971. The van der Waals surface area contributed by atoms with E-state index >= 15 is 0 Å². The van der Waals surface area contributed by atoms with Crippen LogP contribution in [0.2, 0.25) is 5.02 Å². The molecule has 0 radical (unpaired) electrons. The number of rotatable bonds is 7. The lowest BCUT2D eigenvalue weighted by Crippen LogP contribution is -2.81. The first kappa shape index (κ1) is 23.4. The fraction of sp³-hybridized carbons (Fsp3) is 0.292. The quantitative estimate of drug-likeness (QED) is 0.520. The third kappa shape index (κ3) is 5.25. The van der Waals surface area contributed by atoms with Crippen LogP contribution >= 0.6 is 11.6 Å². The van der Waals surface area contributed by atoms with E-state index in [9.17, 15) is 8.78 Å². The van der Waals surface area contributed by atoms with Crippen molar-refractivity contribution >= 4 is 23.1 Å². The van der Waals surface area contributed by atoms with Crippen molar-refractivity contribution in [3.8, 4) is 11.3 Å². The molecular formula is C24H26ClF2N6+. The molecule has 172 valence electrons. The molecule has 1 fully saturated rings. The highest BCUT2D eigenvalue weighted by atomic mass is 35.5. The molecule has 4 rings (SSSR count). The van der Waals surface area contributed by atoms with Crippen LogP contribution in [0, 0.1) is 17.0 Å². The molecule has 6 nitrogen and oxygen atoms in total. The molecule has 3 aromatic rings. The summed E-state index contributed by atoms with van der Waals surface area (Å²) in [6.45, 7) is 5.51. The van der Waals surface area contributed by atoms with Crippen LogP contribution in [0.25, 0.3) is 11.3 Å². The molecule has 0 aliphatic carbocycles. The van der Waals surface area contributed by atoms with Gasteiger partial charge in [0.05, 0.1) is 17.3 Å². The Labute approximate surface area is 196 Å². The van der Waals surface area contributed by atoms with E-state index in [4.69, 9.17) is 17.0 Å². The Morgan fingerprint density at radius 2 is 1.76 bits per heavy atom. The van der Waals surface area contributed by atoms with E-state index < -0.39 is 11.6 Å². The number of hydrogen-bond acceptors (Lipinski definition) is 5. The van der Waals surface area contributed by atoms with Gasteiger partial charge in [0.1, 0.15) is 11.3 Å². The van der Waals surface area contributed by atoms with Gasteiger partial charge in [-0.15, -0.1) is 5.10 Å². The highest BCUT2D eigenvalue weighted by Crippen LogP contribution is 2.32. The number of quaternary nitrogens is 1. The molecule has 0 amide bonds. The van der Waals surface area contributed by atoms with E-state index in [0.29, 0.717) is 18.1 Å². The minimum Gasteiger partial charge on any atom is -0.304 e. The van der Waals surface area contributed by atoms with E-state index in [-0.39, 0.29) is 21.9 Å². The van der Waals surface area contributed by atoms with Crippen LogP contribution < -0.4 is 5.32 Å². The fourth-order valence-electron chi connectivity index (χ4n) is 3.88. The summed E-state index contributed by atoms with van der Waals surface area (Å²) in [5, 5.41) is 19.4. The zero-order valence-electron chi connectivity index (χ0n) is 18.4. The Hall–Kier alpha value is -2.78. The van der Waals surface area contributed by atoms with Gasteiger partial charge in [-0.3, -0.25) is 15.6 Å². The smallest absolute Gasteiger partial charge is 0.254 e. The topological polar surface area (TPSA) is 72.7 Å². The van der Waals surface area contributed by atoms with E-state index in [1.54, 1.807) is 0 Å². The van der Waals surface area contributed by atoms with Gasteiger partial charge in [-0.05, 0) is 19.2 Å². The largest absolute Gasteiger partial charge is 0.304 e. The molecular weight excluding hydrogens is 446 g/mol. The molecule has 33 heavy (non-hydrogen) atoms. The van der Waals surface area contributed by atoms with Gasteiger partial charge < -0.3 is 4.90 Å². The van der Waals surface area contributed by atoms with Crippen molar-refractivity contribution in [3.63, 3.8) is 0 Å². The van der Waals surface area contributed by atoms with Gasteiger partial charge in [-0.2, -0.15) is 0 Å². The number of aromatic nitrogens is 2. The molecule has 0 saturated carbocycles. The molecule has 1 saturated heterocycles. The van der Waals surface area contributed by atoms with Crippen molar-refractivity contribution in [1.82, 2.24) is 20.0 Å². The number of halogens is 3. The maximum atomic E-state index is 14.5. The summed E-state index contributed by atoms with van der Waals surface area (Å²) in [7, 11) is 2.11. The van der Waals surface area contributed by atoms with Gasteiger partial charge in [0, 0.05) is 43.9 Å². The van der Waals surface area contributed by atoms with Crippen LogP contribution in [-0.4, -0.2) is 72.0 Å². The molecule has 9 heteroatoms. The first-order chi connectivity index (χ1) is 16.0. The second kappa shape index (κ2) is 10.4. The normalized spacial score (nSPS) is 15.0. The lowest BCUT2D eigenvalue weighted by Gasteiger charge is -2.31. The Bertz CT molecular complexity index is 1130. The van der Waals surface area contributed by atoms with Crippen molar-refractivity contribution in [2.45, 2.75) is 0 Å². The van der Waals surface area contributed by atoms with Crippen LogP contribution in [0.3, 0.4) is 0 Å². The molecule has 0 bridgehead atoms. The zero-order chi connectivity index (χ0) is 23.4. The van der Waals surface area contributed by atoms with Gasteiger partial charge >= 0.3 is 0 Å². The van der Waals surface area contributed by atoms with Crippen LogP contribution in [0.4, 0.5) is 14.6 Å². The molecule has 1 aliphatic heterocycles. The highest BCUT2D eigenvalue weighted by Gasteiger charge is 2.26. The van der Waals surface area contributed by atoms with E-state index in [1.807, 2.05) is 35.6 Å². The van der Waals surface area contributed by atoms with E-state index in [0.717, 1.165) is 44.4 Å². The number of benzene rings is 2. The van der Waals surface area contributed by atoms with E-state index in [1.165, 1.54) is 12.1 Å². The summed E-state index contributed by atoms with van der Waals surface area (Å²) >= 11 is 6.73. The SMILES string of the molecule is CN1CCN(CC[NH2+]c2nnc(-c3ccccc3)c(Cl)c2C(=N)c2cccc(F)c2F)CC1. The van der Waals surface area contributed by atoms with Crippen LogP contribution in [0.1, 0.15) is 11.1 Å². The lowest BCUT2D eigenvalue weighted by atomic mass is 10.00. The standard InChI is InChI=1S/C24H25ClF2N6/c1-32-12-14-33(15-13-32)11-10-29-24-19(22(28)17-8-5-9-18(26)21(17)27)20(25)23(30-31-24)16-6-3-2-4-7-16/h2-9,28H,10-15H2,1H3,(H,29,31)/p+1. The number of hydrogen-bond donors (Lipinski definition) is 2. The van der Waals surface area contributed by atoms with Gasteiger partial charge in [0.25, 0.3) is 5.82 Å². The molecule has 2 aromatic carbocycles. The fourth-order valence-corrected chi connectivity index (χ4v) is 4.21. The van der Waals surface area contributed by atoms with Gasteiger partial charge in [0.15, 0.2) is 11.6 Å². The highest BCUT2D eigenvalue weighted by molar-refractivity contribution is 6.38. The Morgan fingerprint density at radius 3 is 2.48 bits per heavy atom.